The van der Waals surface area contributed by atoms with E-state index in [1.807, 2.05) is 0 Å². The predicted molar refractivity (Wildman–Crippen MR) is 47.3 cm³/mol. The Morgan fingerprint density at radius 3 is 3.07 bits per heavy atom. The average Bonchev–Trinajstić information content (AvgIpc) is 2.20. The molecule has 0 bridgehead atoms. The molecule has 1 aliphatic heterocycles. The van der Waals surface area contributed by atoms with E-state index >= 15 is 0 Å². The zero-order chi connectivity index (χ0) is 10.7. The highest BCUT2D eigenvalue weighted by Crippen LogP contribution is 2.09. The molecule has 7 heteroatoms. The van der Waals surface area contributed by atoms with Gasteiger partial charge in [0, 0.05) is 13.6 Å². The zero-order valence-electron chi connectivity index (χ0n) is 7.77. The summed E-state index contributed by atoms with van der Waals surface area (Å²) in [5.41, 5.74) is 0. The number of aliphatic hydroxyl groups excluding tert-OH is 1. The summed E-state index contributed by atoms with van der Waals surface area (Å²) in [5, 5.41) is 11.1. The lowest BCUT2D eigenvalue weighted by Crippen LogP contribution is -2.54. The molecular weight excluding hydrogens is 187 g/mol. The van der Waals surface area contributed by atoms with Crippen LogP contribution < -0.4 is 5.23 Å². The van der Waals surface area contributed by atoms with E-state index in [9.17, 15) is 14.7 Å². The molecule has 1 heterocycles. The van der Waals surface area contributed by atoms with Crippen molar-refractivity contribution in [3.05, 3.63) is 0 Å². The molecule has 1 saturated heterocycles. The molecule has 1 aliphatic rings. The Morgan fingerprint density at radius 1 is 1.86 bits per heavy atom. The lowest BCUT2D eigenvalue weighted by Gasteiger charge is -2.31. The van der Waals surface area contributed by atoms with Crippen LogP contribution in [0.4, 0.5) is 0 Å². The van der Waals surface area contributed by atoms with E-state index in [2.05, 4.69) is 0 Å². The van der Waals surface area contributed by atoms with Gasteiger partial charge in [-0.1, -0.05) is 0 Å². The Hall–Kier alpha value is -1.08. The topological polar surface area (TPSA) is 78.9 Å². The van der Waals surface area contributed by atoms with Crippen LogP contribution in [0.3, 0.4) is 0 Å². The number of amides is 2. The van der Waals surface area contributed by atoms with Crippen LogP contribution in [0.25, 0.3) is 0 Å². The van der Waals surface area contributed by atoms with Crippen molar-refractivity contribution in [3.63, 3.8) is 0 Å². The predicted octanol–water partition coefficient (Wildman–Crippen LogP) is -2.60. The lowest BCUT2D eigenvalue weighted by molar-refractivity contribution is -0.165. The van der Waals surface area contributed by atoms with Gasteiger partial charge in [-0.3, -0.25) is 9.59 Å². The summed E-state index contributed by atoms with van der Waals surface area (Å²) < 4.78 is 4.99. The normalized spacial score (nSPS) is 24.6. The van der Waals surface area contributed by atoms with Gasteiger partial charge < -0.3 is 20.0 Å². The van der Waals surface area contributed by atoms with Gasteiger partial charge in [-0.2, -0.15) is 0 Å². The molecule has 0 aromatic heterocycles. The smallest absolute Gasteiger partial charge is 0.254 e. The fraction of sp³-hybridized carbons (Fsp3) is 0.714. The number of aliphatic hydroxyl groups is 1. The Morgan fingerprint density at radius 2 is 2.50 bits per heavy atom. The maximum Gasteiger partial charge on any atom is 0.254 e. The van der Waals surface area contributed by atoms with E-state index < -0.39 is 24.0 Å². The van der Waals surface area contributed by atoms with Crippen molar-refractivity contribution in [2.75, 3.05) is 20.2 Å². The van der Waals surface area contributed by atoms with E-state index in [0.29, 0.717) is 13.2 Å². The van der Waals surface area contributed by atoms with Crippen LogP contribution in [0.5, 0.6) is 0 Å². The fourth-order valence-corrected chi connectivity index (χ4v) is 1.16. The minimum Gasteiger partial charge on any atom is -0.407 e. The zero-order valence-corrected chi connectivity index (χ0v) is 7.77. The van der Waals surface area contributed by atoms with E-state index in [0.717, 1.165) is 0 Å². The van der Waals surface area contributed by atoms with Gasteiger partial charge in [-0.05, 0) is 0 Å². The number of nitrogens with one attached hydrogen (secondary N) is 1. The van der Waals surface area contributed by atoms with Gasteiger partial charge in [0.2, 0.25) is 13.9 Å². The first-order valence-electron chi connectivity index (χ1n) is 4.13. The first-order chi connectivity index (χ1) is 6.57. The summed E-state index contributed by atoms with van der Waals surface area (Å²) >= 11 is 0. The largest absolute Gasteiger partial charge is 0.407 e. The van der Waals surface area contributed by atoms with Gasteiger partial charge in [0.25, 0.3) is 5.91 Å². The summed E-state index contributed by atoms with van der Waals surface area (Å²) in [5.74, 6) is -1.26. The van der Waals surface area contributed by atoms with Crippen molar-refractivity contribution < 1.29 is 19.4 Å². The highest BCUT2D eigenvalue weighted by atomic mass is 16.5. The Labute approximate surface area is 82.6 Å². The van der Waals surface area contributed by atoms with Crippen molar-refractivity contribution in [1.82, 2.24) is 10.1 Å². The summed E-state index contributed by atoms with van der Waals surface area (Å²) in [6, 6.07) is 0. The number of likely N-dealkylation sites (N-methyl/N-ethyl adjacent to an activating group) is 1. The second-order valence-electron chi connectivity index (χ2n) is 3.00. The third-order valence-electron chi connectivity index (χ3n) is 2.04. The molecule has 0 aromatic carbocycles. The quantitative estimate of drug-likeness (QED) is 0.477. The number of carbonyl (C=O) groups is 2. The van der Waals surface area contributed by atoms with Crippen LogP contribution in [0.1, 0.15) is 0 Å². The average molecular weight is 198 g/mol. The van der Waals surface area contributed by atoms with Crippen molar-refractivity contribution in [2.24, 2.45) is 0 Å². The van der Waals surface area contributed by atoms with Crippen molar-refractivity contribution in [2.45, 2.75) is 12.2 Å². The van der Waals surface area contributed by atoms with Gasteiger partial charge in [-0.25, -0.2) is 0 Å². The number of carbonyl (C=O) groups excluding carboxylic acids is 2. The van der Waals surface area contributed by atoms with E-state index in [1.54, 1.807) is 12.3 Å². The molecule has 0 saturated carbocycles. The molecule has 0 unspecified atom stereocenters. The lowest BCUT2D eigenvalue weighted by atomic mass is 10.1. The monoisotopic (exact) mass is 198 g/mol. The highest BCUT2D eigenvalue weighted by molar-refractivity contribution is 6.15. The summed E-state index contributed by atoms with van der Waals surface area (Å²) in [7, 11) is 6.39. The molecule has 2 radical (unpaired) electrons. The molecule has 0 spiro atoms. The maximum atomic E-state index is 11.4. The number of morpholine rings is 1. The van der Waals surface area contributed by atoms with Gasteiger partial charge in [0.05, 0.1) is 6.61 Å². The van der Waals surface area contributed by atoms with Crippen molar-refractivity contribution in [1.29, 1.82) is 0 Å². The van der Waals surface area contributed by atoms with Gasteiger partial charge >= 0.3 is 0 Å². The SMILES string of the molecule is [B]NC(=O)[C@H](O)[C@H]1OCCN(C)C1=O. The molecule has 14 heavy (non-hydrogen) atoms. The molecule has 0 aromatic rings. The summed E-state index contributed by atoms with van der Waals surface area (Å²) in [6.07, 6.45) is -2.72. The molecule has 1 fully saturated rings. The molecule has 2 atom stereocenters. The Kier molecular flexibility index (Phi) is 3.48. The van der Waals surface area contributed by atoms with Gasteiger partial charge in [0.1, 0.15) is 0 Å². The summed E-state index contributed by atoms with van der Waals surface area (Å²) in [6.45, 7) is 0.744. The van der Waals surface area contributed by atoms with Crippen LogP contribution in [-0.4, -0.2) is 62.2 Å². The summed E-state index contributed by atoms with van der Waals surface area (Å²) in [4.78, 5) is 23.7. The molecule has 76 valence electrons. The van der Waals surface area contributed by atoms with Crippen molar-refractivity contribution >= 4 is 19.8 Å². The van der Waals surface area contributed by atoms with Crippen LogP contribution in [0.2, 0.25) is 0 Å². The minimum absolute atomic E-state index is 0.293. The number of rotatable bonds is 2. The van der Waals surface area contributed by atoms with Crippen molar-refractivity contribution in [3.8, 4) is 0 Å². The van der Waals surface area contributed by atoms with Crippen LogP contribution in [0.15, 0.2) is 0 Å². The first-order valence-corrected chi connectivity index (χ1v) is 4.13. The highest BCUT2D eigenvalue weighted by Gasteiger charge is 2.36. The second kappa shape index (κ2) is 4.43. The minimum atomic E-state index is -1.56. The third kappa shape index (κ3) is 2.05. The molecule has 2 amide bonds. The van der Waals surface area contributed by atoms with E-state index in [-0.39, 0.29) is 0 Å². The molecule has 6 nitrogen and oxygen atoms in total. The van der Waals surface area contributed by atoms with Gasteiger partial charge in [0.15, 0.2) is 12.2 Å². The third-order valence-corrected chi connectivity index (χ3v) is 2.04. The standard InChI is InChI=1S/C7H11BN2O4/c1-10-2-3-14-5(7(10)13)4(11)6(12)9-8/h4-5,11H,2-3H2,1H3,(H,9,12)/t4-,5-/m1/s1. The number of hydrogen-bond acceptors (Lipinski definition) is 4. The Bertz CT molecular complexity index is 248. The van der Waals surface area contributed by atoms with Crippen LogP contribution in [0, 0.1) is 0 Å². The van der Waals surface area contributed by atoms with Crippen LogP contribution in [-0.2, 0) is 14.3 Å². The number of hydrogen-bond donors (Lipinski definition) is 2. The van der Waals surface area contributed by atoms with Gasteiger partial charge in [-0.15, -0.1) is 0 Å². The second-order valence-corrected chi connectivity index (χ2v) is 3.00. The van der Waals surface area contributed by atoms with E-state index in [1.165, 1.54) is 4.90 Å². The first kappa shape index (κ1) is 11.0. The number of nitrogens with zero attached hydrogens (tertiary/aromatic N) is 1. The number of ether oxygens (including phenoxy) is 1. The van der Waals surface area contributed by atoms with E-state index in [4.69, 9.17) is 12.7 Å². The fourth-order valence-electron chi connectivity index (χ4n) is 1.16. The molecular formula is C7H11BN2O4. The molecule has 0 aliphatic carbocycles. The molecule has 1 rings (SSSR count). The maximum absolute atomic E-state index is 11.4. The van der Waals surface area contributed by atoms with Crippen LogP contribution >= 0.6 is 0 Å². The molecule has 2 N–H and O–H groups in total. The Balaban J connectivity index is 2.66.